The van der Waals surface area contributed by atoms with Gasteiger partial charge >= 0.3 is 0 Å². The van der Waals surface area contributed by atoms with Crippen LogP contribution in [0.5, 0.6) is 0 Å². The van der Waals surface area contributed by atoms with E-state index in [1.807, 2.05) is 0 Å². The highest BCUT2D eigenvalue weighted by molar-refractivity contribution is 9.09. The smallest absolute Gasteiger partial charge is 0.0575 e. The lowest BCUT2D eigenvalue weighted by Crippen LogP contribution is -2.23. The Kier molecular flexibility index (Phi) is 8.43. The fourth-order valence-electron chi connectivity index (χ4n) is 3.25. The van der Waals surface area contributed by atoms with Crippen LogP contribution in [-0.2, 0) is 11.2 Å². The highest BCUT2D eigenvalue weighted by atomic mass is 79.9. The van der Waals surface area contributed by atoms with Gasteiger partial charge in [-0.3, -0.25) is 0 Å². The summed E-state index contributed by atoms with van der Waals surface area (Å²) in [5.41, 5.74) is 1.49. The van der Waals surface area contributed by atoms with Crippen LogP contribution in [0.3, 0.4) is 0 Å². The van der Waals surface area contributed by atoms with E-state index in [1.54, 1.807) is 0 Å². The zero-order valence-corrected chi connectivity index (χ0v) is 14.7. The van der Waals surface area contributed by atoms with Gasteiger partial charge in [-0.2, -0.15) is 0 Å². The standard InChI is InChI=1S/C19H29BrO/c20-14-6-1-2-7-15-21-19-12-10-18(11-13-19)16-17-8-4-3-5-9-17/h3-5,8-9,18-19H,1-2,6-7,10-16H2. The van der Waals surface area contributed by atoms with Gasteiger partial charge in [0.2, 0.25) is 0 Å². The van der Waals surface area contributed by atoms with Crippen molar-refractivity contribution < 1.29 is 4.74 Å². The van der Waals surface area contributed by atoms with Gasteiger partial charge in [0.05, 0.1) is 6.10 Å². The second-order valence-electron chi connectivity index (χ2n) is 6.31. The van der Waals surface area contributed by atoms with Crippen molar-refractivity contribution in [1.29, 1.82) is 0 Å². The van der Waals surface area contributed by atoms with E-state index in [0.717, 1.165) is 17.9 Å². The van der Waals surface area contributed by atoms with Crippen LogP contribution in [0.1, 0.15) is 56.9 Å². The Morgan fingerprint density at radius 3 is 2.33 bits per heavy atom. The Labute approximate surface area is 138 Å². The third kappa shape index (κ3) is 6.97. The van der Waals surface area contributed by atoms with E-state index in [1.165, 1.54) is 63.4 Å². The van der Waals surface area contributed by atoms with Crippen molar-refractivity contribution in [2.75, 3.05) is 11.9 Å². The number of alkyl halides is 1. The van der Waals surface area contributed by atoms with Gasteiger partial charge in [-0.1, -0.05) is 59.1 Å². The van der Waals surface area contributed by atoms with E-state index < -0.39 is 0 Å². The van der Waals surface area contributed by atoms with Crippen molar-refractivity contribution >= 4 is 15.9 Å². The molecular weight excluding hydrogens is 324 g/mol. The van der Waals surface area contributed by atoms with Crippen molar-refractivity contribution in [3.8, 4) is 0 Å². The number of hydrogen-bond donors (Lipinski definition) is 0. The fourth-order valence-corrected chi connectivity index (χ4v) is 3.65. The predicted octanol–water partition coefficient (Wildman–Crippen LogP) is 5.76. The molecule has 2 heteroatoms. The first kappa shape index (κ1) is 17.0. The Morgan fingerprint density at radius 2 is 1.62 bits per heavy atom. The lowest BCUT2D eigenvalue weighted by Gasteiger charge is -2.28. The molecule has 1 aromatic rings. The summed E-state index contributed by atoms with van der Waals surface area (Å²) < 4.78 is 6.05. The molecule has 0 heterocycles. The number of rotatable bonds is 9. The lowest BCUT2D eigenvalue weighted by atomic mass is 9.83. The maximum atomic E-state index is 6.05. The van der Waals surface area contributed by atoms with Crippen LogP contribution in [0.4, 0.5) is 0 Å². The molecule has 2 rings (SSSR count). The molecule has 0 spiro atoms. The predicted molar refractivity (Wildman–Crippen MR) is 94.1 cm³/mol. The second-order valence-corrected chi connectivity index (χ2v) is 7.10. The number of halogens is 1. The molecule has 0 aliphatic heterocycles. The number of hydrogen-bond acceptors (Lipinski definition) is 1. The van der Waals surface area contributed by atoms with Crippen molar-refractivity contribution in [3.63, 3.8) is 0 Å². The Bertz CT molecular complexity index is 357. The van der Waals surface area contributed by atoms with Gasteiger partial charge in [-0.25, -0.2) is 0 Å². The second kappa shape index (κ2) is 10.4. The normalized spacial score (nSPS) is 22.3. The lowest BCUT2D eigenvalue weighted by molar-refractivity contribution is 0.0162. The molecular formula is C19H29BrO. The first-order valence-electron chi connectivity index (χ1n) is 8.60. The van der Waals surface area contributed by atoms with Crippen LogP contribution < -0.4 is 0 Å². The molecule has 0 saturated heterocycles. The van der Waals surface area contributed by atoms with Gasteiger partial charge in [-0.15, -0.1) is 0 Å². The summed E-state index contributed by atoms with van der Waals surface area (Å²) in [6, 6.07) is 10.9. The molecule has 21 heavy (non-hydrogen) atoms. The monoisotopic (exact) mass is 352 g/mol. The maximum absolute atomic E-state index is 6.05. The molecule has 0 aromatic heterocycles. The first-order valence-corrected chi connectivity index (χ1v) is 9.72. The van der Waals surface area contributed by atoms with Crippen LogP contribution in [-0.4, -0.2) is 18.0 Å². The van der Waals surface area contributed by atoms with Gasteiger partial charge in [0.15, 0.2) is 0 Å². The minimum absolute atomic E-state index is 0.535. The van der Waals surface area contributed by atoms with Gasteiger partial charge in [-0.05, 0) is 56.4 Å². The van der Waals surface area contributed by atoms with Crippen LogP contribution in [0, 0.1) is 5.92 Å². The van der Waals surface area contributed by atoms with Crippen LogP contribution in [0.25, 0.3) is 0 Å². The summed E-state index contributed by atoms with van der Waals surface area (Å²) in [5.74, 6) is 0.867. The van der Waals surface area contributed by atoms with E-state index in [2.05, 4.69) is 46.3 Å². The largest absolute Gasteiger partial charge is 0.378 e. The molecule has 0 amide bonds. The molecule has 0 bridgehead atoms. The first-order chi connectivity index (χ1) is 10.4. The maximum Gasteiger partial charge on any atom is 0.0575 e. The molecule has 1 aromatic carbocycles. The molecule has 0 atom stereocenters. The fraction of sp³-hybridized carbons (Fsp3) is 0.684. The Balaban J connectivity index is 1.54. The van der Waals surface area contributed by atoms with Crippen LogP contribution >= 0.6 is 15.9 Å². The summed E-state index contributed by atoms with van der Waals surface area (Å²) in [7, 11) is 0. The summed E-state index contributed by atoms with van der Waals surface area (Å²) in [6.07, 6.45) is 12.2. The third-order valence-corrected chi connectivity index (χ3v) is 5.10. The summed E-state index contributed by atoms with van der Waals surface area (Å²) in [6.45, 7) is 0.969. The van der Waals surface area contributed by atoms with Gasteiger partial charge in [0.25, 0.3) is 0 Å². The van der Waals surface area contributed by atoms with Crippen molar-refractivity contribution in [3.05, 3.63) is 35.9 Å². The molecule has 1 fully saturated rings. The van der Waals surface area contributed by atoms with E-state index in [-0.39, 0.29) is 0 Å². The molecule has 118 valence electrons. The molecule has 1 aliphatic carbocycles. The quantitative estimate of drug-likeness (QED) is 0.405. The van der Waals surface area contributed by atoms with Gasteiger partial charge in [0.1, 0.15) is 0 Å². The summed E-state index contributed by atoms with van der Waals surface area (Å²) >= 11 is 3.48. The highest BCUT2D eigenvalue weighted by Gasteiger charge is 2.21. The number of ether oxygens (including phenoxy) is 1. The van der Waals surface area contributed by atoms with E-state index >= 15 is 0 Å². The molecule has 1 nitrogen and oxygen atoms in total. The molecule has 1 aliphatic rings. The SMILES string of the molecule is BrCCCCCCOC1CCC(Cc2ccccc2)CC1. The number of benzene rings is 1. The van der Waals surface area contributed by atoms with Crippen molar-refractivity contribution in [2.24, 2.45) is 5.92 Å². The minimum atomic E-state index is 0.535. The third-order valence-electron chi connectivity index (χ3n) is 4.54. The van der Waals surface area contributed by atoms with Gasteiger partial charge in [0, 0.05) is 11.9 Å². The molecule has 0 radical (unpaired) electrons. The minimum Gasteiger partial charge on any atom is -0.378 e. The van der Waals surface area contributed by atoms with Crippen LogP contribution in [0.15, 0.2) is 30.3 Å². The van der Waals surface area contributed by atoms with Crippen LogP contribution in [0.2, 0.25) is 0 Å². The van der Waals surface area contributed by atoms with Gasteiger partial charge < -0.3 is 4.74 Å². The molecule has 0 unspecified atom stereocenters. The molecule has 0 N–H and O–H groups in total. The zero-order valence-electron chi connectivity index (χ0n) is 13.1. The Morgan fingerprint density at radius 1 is 0.905 bits per heavy atom. The zero-order chi connectivity index (χ0) is 14.8. The number of unbranched alkanes of at least 4 members (excludes halogenated alkanes) is 3. The highest BCUT2D eigenvalue weighted by Crippen LogP contribution is 2.29. The van der Waals surface area contributed by atoms with E-state index in [4.69, 9.17) is 4.74 Å². The van der Waals surface area contributed by atoms with Crippen molar-refractivity contribution in [2.45, 2.75) is 63.9 Å². The molecule has 1 saturated carbocycles. The Hall–Kier alpha value is -0.340. The average molecular weight is 353 g/mol. The van der Waals surface area contributed by atoms with E-state index in [9.17, 15) is 0 Å². The average Bonchev–Trinajstić information content (AvgIpc) is 2.53. The summed E-state index contributed by atoms with van der Waals surface area (Å²) in [5, 5.41) is 1.14. The van der Waals surface area contributed by atoms with Crippen molar-refractivity contribution in [1.82, 2.24) is 0 Å². The van der Waals surface area contributed by atoms with E-state index in [0.29, 0.717) is 6.10 Å². The summed E-state index contributed by atoms with van der Waals surface area (Å²) in [4.78, 5) is 0. The topological polar surface area (TPSA) is 9.23 Å².